The number of primary sulfonamides is 1. The van der Waals surface area contributed by atoms with E-state index in [2.05, 4.69) is 26.3 Å². The van der Waals surface area contributed by atoms with Crippen LogP contribution in [-0.2, 0) is 10.0 Å². The number of guanidine groups is 1. The Balaban J connectivity index is 1.42. The smallest absolute Gasteiger partial charge is 0.238 e. The highest BCUT2D eigenvalue weighted by molar-refractivity contribution is 7.89. The molecule has 10 heteroatoms. The van der Waals surface area contributed by atoms with Crippen LogP contribution in [0.25, 0.3) is 0 Å². The molecule has 5 rings (SSSR count). The molecule has 1 aromatic rings. The number of rotatable bonds is 2. The maximum atomic E-state index is 11.4. The summed E-state index contributed by atoms with van der Waals surface area (Å²) in [6.07, 6.45) is 9.75. The quantitative estimate of drug-likeness (QED) is 0.655. The molecule has 2 unspecified atom stereocenters. The Morgan fingerprint density at radius 3 is 2.57 bits per heavy atom. The average Bonchev–Trinajstić information content (AvgIpc) is 3.12. The topological polar surface area (TPSA) is 139 Å². The van der Waals surface area contributed by atoms with E-state index in [1.54, 1.807) is 12.1 Å². The van der Waals surface area contributed by atoms with Gasteiger partial charge in [0.25, 0.3) is 0 Å². The minimum absolute atomic E-state index is 0.0245. The highest BCUT2D eigenvalue weighted by Gasteiger charge is 2.50. The predicted octanol–water partition coefficient (Wildman–Crippen LogP) is 1.40. The standard InChI is InChI=1S/C20H25N7O2S/c21-17-16-10-13-11-23-19(25-14-4-6-15(7-5-14)30(22,28)29)26-18(13)27(16)20(12-24-17)8-2-1-3-9-20/h4-7,10-11,13,18H,1-3,8-9,12H2,(H2,21,24)(H,25,26)(H2,22,28,29). The Labute approximate surface area is 175 Å². The Hall–Kier alpha value is -2.72. The van der Waals surface area contributed by atoms with Crippen molar-refractivity contribution in [1.29, 1.82) is 0 Å². The molecule has 0 saturated heterocycles. The second-order valence-electron chi connectivity index (χ2n) is 8.32. The van der Waals surface area contributed by atoms with Crippen molar-refractivity contribution in [2.24, 2.45) is 31.8 Å². The van der Waals surface area contributed by atoms with E-state index in [1.807, 2.05) is 6.21 Å². The van der Waals surface area contributed by atoms with Crippen molar-refractivity contribution in [3.05, 3.63) is 36.0 Å². The molecule has 1 aliphatic carbocycles. The lowest BCUT2D eigenvalue weighted by Crippen LogP contribution is -2.59. The molecule has 0 radical (unpaired) electrons. The normalized spacial score (nSPS) is 27.1. The number of fused-ring (bicyclic) bond motifs is 4. The minimum Gasteiger partial charge on any atom is -0.382 e. The average molecular weight is 428 g/mol. The van der Waals surface area contributed by atoms with Gasteiger partial charge in [-0.3, -0.25) is 4.99 Å². The molecule has 1 saturated carbocycles. The lowest BCUT2D eigenvalue weighted by atomic mass is 9.79. The van der Waals surface area contributed by atoms with Crippen LogP contribution in [0.4, 0.5) is 5.69 Å². The van der Waals surface area contributed by atoms with Gasteiger partial charge in [0.1, 0.15) is 12.0 Å². The van der Waals surface area contributed by atoms with Gasteiger partial charge in [-0.2, -0.15) is 0 Å². The molecule has 0 bridgehead atoms. The second kappa shape index (κ2) is 6.92. The number of nitrogens with zero attached hydrogens (tertiary/aromatic N) is 4. The van der Waals surface area contributed by atoms with Crippen molar-refractivity contribution >= 4 is 33.7 Å². The first-order valence-electron chi connectivity index (χ1n) is 10.2. The van der Waals surface area contributed by atoms with Crippen LogP contribution in [0.1, 0.15) is 32.1 Å². The van der Waals surface area contributed by atoms with Crippen molar-refractivity contribution in [1.82, 2.24) is 4.90 Å². The van der Waals surface area contributed by atoms with Crippen molar-refractivity contribution < 1.29 is 8.42 Å². The van der Waals surface area contributed by atoms with E-state index >= 15 is 0 Å². The van der Waals surface area contributed by atoms with Crippen LogP contribution in [0.2, 0.25) is 0 Å². The summed E-state index contributed by atoms with van der Waals surface area (Å²) in [5.74, 6) is 1.12. The van der Waals surface area contributed by atoms with E-state index in [0.29, 0.717) is 24.0 Å². The minimum atomic E-state index is -3.72. The van der Waals surface area contributed by atoms with Crippen LogP contribution < -0.4 is 16.2 Å². The second-order valence-corrected chi connectivity index (χ2v) is 9.89. The molecule has 9 nitrogen and oxygen atoms in total. The SMILES string of the molecule is NC1=NCC2(CCCCC2)N2C1=CC1C=NC(Nc3ccc(S(N)(=O)=O)cc3)=NC12. The molecule has 0 amide bonds. The summed E-state index contributed by atoms with van der Waals surface area (Å²) in [6, 6.07) is 6.22. The largest absolute Gasteiger partial charge is 0.382 e. The van der Waals surface area contributed by atoms with Crippen molar-refractivity contribution in [2.45, 2.75) is 48.7 Å². The summed E-state index contributed by atoms with van der Waals surface area (Å²) < 4.78 is 22.9. The van der Waals surface area contributed by atoms with Gasteiger partial charge < -0.3 is 16.0 Å². The molecule has 1 fully saturated rings. The zero-order valence-corrected chi connectivity index (χ0v) is 17.3. The third kappa shape index (κ3) is 3.20. The molecular formula is C20H25N7O2S. The van der Waals surface area contributed by atoms with Gasteiger partial charge in [0.05, 0.1) is 28.6 Å². The van der Waals surface area contributed by atoms with E-state index in [-0.39, 0.29) is 22.5 Å². The van der Waals surface area contributed by atoms with Gasteiger partial charge in [-0.05, 0) is 43.2 Å². The van der Waals surface area contributed by atoms with Crippen LogP contribution >= 0.6 is 0 Å². The van der Waals surface area contributed by atoms with Gasteiger partial charge in [0.15, 0.2) is 0 Å². The first-order chi connectivity index (χ1) is 14.4. The van der Waals surface area contributed by atoms with Gasteiger partial charge in [-0.1, -0.05) is 19.3 Å². The number of benzene rings is 1. The van der Waals surface area contributed by atoms with Gasteiger partial charge >= 0.3 is 0 Å². The molecule has 3 aliphatic heterocycles. The van der Waals surface area contributed by atoms with Crippen LogP contribution in [-0.4, -0.2) is 49.6 Å². The number of aliphatic imine (C=N–C) groups is 3. The summed E-state index contributed by atoms with van der Waals surface area (Å²) >= 11 is 0. The monoisotopic (exact) mass is 427 g/mol. The molecule has 4 aliphatic rings. The summed E-state index contributed by atoms with van der Waals surface area (Å²) in [6.45, 7) is 0.712. The number of hydrogen-bond acceptors (Lipinski definition) is 8. The fourth-order valence-electron chi connectivity index (χ4n) is 4.91. The Morgan fingerprint density at radius 2 is 1.87 bits per heavy atom. The van der Waals surface area contributed by atoms with E-state index in [0.717, 1.165) is 18.5 Å². The third-order valence-corrected chi connectivity index (χ3v) is 7.31. The molecule has 0 aromatic heterocycles. The molecule has 2 atom stereocenters. The summed E-state index contributed by atoms with van der Waals surface area (Å²) in [4.78, 5) is 16.5. The first kappa shape index (κ1) is 19.3. The van der Waals surface area contributed by atoms with Crippen molar-refractivity contribution in [2.75, 3.05) is 11.9 Å². The van der Waals surface area contributed by atoms with Gasteiger partial charge in [-0.25, -0.2) is 23.5 Å². The van der Waals surface area contributed by atoms with Crippen LogP contribution in [0.3, 0.4) is 0 Å². The number of nitrogens with one attached hydrogen (secondary N) is 1. The maximum absolute atomic E-state index is 11.4. The fraction of sp³-hybridized carbons (Fsp3) is 0.450. The molecule has 30 heavy (non-hydrogen) atoms. The van der Waals surface area contributed by atoms with Crippen molar-refractivity contribution in [3.63, 3.8) is 0 Å². The highest BCUT2D eigenvalue weighted by Crippen LogP contribution is 2.45. The lowest BCUT2D eigenvalue weighted by Gasteiger charge is -2.50. The lowest BCUT2D eigenvalue weighted by molar-refractivity contribution is 0.0610. The number of anilines is 1. The van der Waals surface area contributed by atoms with Crippen LogP contribution in [0.5, 0.6) is 0 Å². The van der Waals surface area contributed by atoms with Gasteiger partial charge in [-0.15, -0.1) is 0 Å². The molecule has 158 valence electrons. The molecular weight excluding hydrogens is 402 g/mol. The molecule has 1 aromatic carbocycles. The van der Waals surface area contributed by atoms with Gasteiger partial charge in [0, 0.05) is 11.9 Å². The Kier molecular flexibility index (Phi) is 4.44. The molecule has 5 N–H and O–H groups in total. The van der Waals surface area contributed by atoms with E-state index in [9.17, 15) is 8.42 Å². The summed E-state index contributed by atoms with van der Waals surface area (Å²) in [5, 5.41) is 8.34. The number of sulfonamides is 1. The third-order valence-electron chi connectivity index (χ3n) is 6.38. The van der Waals surface area contributed by atoms with Gasteiger partial charge in [0.2, 0.25) is 16.0 Å². The fourth-order valence-corrected chi connectivity index (χ4v) is 5.42. The zero-order chi connectivity index (χ0) is 20.9. The number of hydrogen-bond donors (Lipinski definition) is 3. The summed E-state index contributed by atoms with van der Waals surface area (Å²) in [7, 11) is -3.72. The van der Waals surface area contributed by atoms with E-state index in [1.165, 1.54) is 31.4 Å². The highest BCUT2D eigenvalue weighted by atomic mass is 32.2. The first-order valence-corrected chi connectivity index (χ1v) is 11.7. The number of amidine groups is 1. The Bertz CT molecular complexity index is 1080. The number of nitrogens with two attached hydrogens (primary N) is 2. The maximum Gasteiger partial charge on any atom is 0.238 e. The van der Waals surface area contributed by atoms with Crippen molar-refractivity contribution in [3.8, 4) is 0 Å². The summed E-state index contributed by atoms with van der Waals surface area (Å²) in [5.41, 5.74) is 7.89. The van der Waals surface area contributed by atoms with Crippen LogP contribution in [0, 0.1) is 5.92 Å². The zero-order valence-electron chi connectivity index (χ0n) is 16.5. The molecule has 3 heterocycles. The van der Waals surface area contributed by atoms with E-state index < -0.39 is 10.0 Å². The molecule has 1 spiro atoms. The predicted molar refractivity (Wildman–Crippen MR) is 117 cm³/mol. The Morgan fingerprint density at radius 1 is 1.13 bits per heavy atom. The van der Waals surface area contributed by atoms with Crippen LogP contribution in [0.15, 0.2) is 55.9 Å². The van der Waals surface area contributed by atoms with E-state index in [4.69, 9.17) is 15.9 Å².